The van der Waals surface area contributed by atoms with Crippen LogP contribution in [0, 0.1) is 11.6 Å². The van der Waals surface area contributed by atoms with Crippen molar-refractivity contribution in [3.05, 3.63) is 42.2 Å². The van der Waals surface area contributed by atoms with E-state index in [0.717, 1.165) is 12.1 Å². The van der Waals surface area contributed by atoms with Crippen molar-refractivity contribution in [2.75, 3.05) is 5.73 Å². The molecule has 15 heavy (non-hydrogen) atoms. The summed E-state index contributed by atoms with van der Waals surface area (Å²) < 4.78 is 25.5. The molecule has 0 unspecified atom stereocenters. The van der Waals surface area contributed by atoms with E-state index in [4.69, 9.17) is 5.73 Å². The van der Waals surface area contributed by atoms with Gasteiger partial charge in [-0.25, -0.2) is 18.7 Å². The van der Waals surface area contributed by atoms with E-state index in [9.17, 15) is 8.78 Å². The van der Waals surface area contributed by atoms with Crippen LogP contribution in [0.4, 0.5) is 14.5 Å². The van der Waals surface area contributed by atoms with E-state index in [2.05, 4.69) is 9.97 Å². The second kappa shape index (κ2) is 3.61. The number of aromatic nitrogens is 2. The minimum Gasteiger partial charge on any atom is -0.396 e. The van der Waals surface area contributed by atoms with E-state index in [0.29, 0.717) is 17.1 Å². The third kappa shape index (κ3) is 1.90. The van der Waals surface area contributed by atoms with Gasteiger partial charge in [0.05, 0.1) is 18.1 Å². The number of hydrogen-bond donors (Lipinski definition) is 1. The molecular formula is C10H7F2N3. The lowest BCUT2D eigenvalue weighted by atomic mass is 10.2. The van der Waals surface area contributed by atoms with Gasteiger partial charge in [0.2, 0.25) is 0 Å². The van der Waals surface area contributed by atoms with Gasteiger partial charge in [0.1, 0.15) is 0 Å². The number of benzene rings is 1. The van der Waals surface area contributed by atoms with Crippen molar-refractivity contribution in [1.29, 1.82) is 0 Å². The second-order valence-corrected chi connectivity index (χ2v) is 2.97. The van der Waals surface area contributed by atoms with Crippen LogP contribution < -0.4 is 5.73 Å². The summed E-state index contributed by atoms with van der Waals surface area (Å²) >= 11 is 0. The maximum Gasteiger partial charge on any atom is 0.159 e. The highest BCUT2D eigenvalue weighted by atomic mass is 19.2. The molecule has 0 bridgehead atoms. The van der Waals surface area contributed by atoms with Crippen molar-refractivity contribution in [3.63, 3.8) is 0 Å². The van der Waals surface area contributed by atoms with Crippen molar-refractivity contribution < 1.29 is 8.78 Å². The molecule has 0 spiro atoms. The van der Waals surface area contributed by atoms with Crippen molar-refractivity contribution in [3.8, 4) is 11.4 Å². The molecule has 0 atom stereocenters. The van der Waals surface area contributed by atoms with Gasteiger partial charge < -0.3 is 5.73 Å². The first-order chi connectivity index (χ1) is 7.16. The van der Waals surface area contributed by atoms with Crippen molar-refractivity contribution in [2.45, 2.75) is 0 Å². The van der Waals surface area contributed by atoms with Crippen LogP contribution in [0.2, 0.25) is 0 Å². The SMILES string of the molecule is Nc1cnc(-c2ccc(F)c(F)c2)nc1. The van der Waals surface area contributed by atoms with E-state index in [-0.39, 0.29) is 0 Å². The van der Waals surface area contributed by atoms with Gasteiger partial charge in [0, 0.05) is 5.56 Å². The van der Waals surface area contributed by atoms with Crippen LogP contribution in [0.5, 0.6) is 0 Å². The topological polar surface area (TPSA) is 51.8 Å². The van der Waals surface area contributed by atoms with E-state index < -0.39 is 11.6 Å². The normalized spacial score (nSPS) is 10.3. The molecule has 0 fully saturated rings. The molecule has 2 N–H and O–H groups in total. The average Bonchev–Trinajstić information content (AvgIpc) is 2.23. The van der Waals surface area contributed by atoms with Gasteiger partial charge in [-0.3, -0.25) is 0 Å². The highest BCUT2D eigenvalue weighted by molar-refractivity contribution is 5.55. The van der Waals surface area contributed by atoms with E-state index in [1.54, 1.807) is 0 Å². The number of halogens is 2. The van der Waals surface area contributed by atoms with E-state index in [1.807, 2.05) is 0 Å². The van der Waals surface area contributed by atoms with Crippen LogP contribution in [0.25, 0.3) is 11.4 Å². The fourth-order valence-electron chi connectivity index (χ4n) is 1.12. The fraction of sp³-hybridized carbons (Fsp3) is 0. The quantitative estimate of drug-likeness (QED) is 0.778. The summed E-state index contributed by atoms with van der Waals surface area (Å²) in [5, 5.41) is 0. The summed E-state index contributed by atoms with van der Waals surface area (Å²) in [6.45, 7) is 0. The van der Waals surface area contributed by atoms with Crippen LogP contribution in [0.3, 0.4) is 0 Å². The molecule has 2 rings (SSSR count). The Labute approximate surface area is 84.6 Å². The highest BCUT2D eigenvalue weighted by Gasteiger charge is 2.05. The Morgan fingerprint density at radius 3 is 2.27 bits per heavy atom. The van der Waals surface area contributed by atoms with Gasteiger partial charge in [0.15, 0.2) is 17.5 Å². The Bertz CT molecular complexity index is 483. The smallest absolute Gasteiger partial charge is 0.159 e. The number of anilines is 1. The Balaban J connectivity index is 2.45. The Morgan fingerprint density at radius 1 is 1.00 bits per heavy atom. The van der Waals surface area contributed by atoms with Gasteiger partial charge in [0.25, 0.3) is 0 Å². The zero-order valence-corrected chi connectivity index (χ0v) is 7.61. The third-order valence-electron chi connectivity index (χ3n) is 1.85. The Kier molecular flexibility index (Phi) is 2.29. The molecule has 0 aliphatic heterocycles. The molecule has 0 aliphatic rings. The molecule has 5 heteroatoms. The number of hydrogen-bond acceptors (Lipinski definition) is 3. The standard InChI is InChI=1S/C10H7F2N3/c11-8-2-1-6(3-9(8)12)10-14-4-7(13)5-15-10/h1-5H,13H2. The first-order valence-electron chi connectivity index (χ1n) is 4.20. The molecule has 0 saturated heterocycles. The third-order valence-corrected chi connectivity index (χ3v) is 1.85. The summed E-state index contributed by atoms with van der Waals surface area (Å²) in [5.74, 6) is -1.51. The van der Waals surface area contributed by atoms with Crippen molar-refractivity contribution in [2.24, 2.45) is 0 Å². The van der Waals surface area contributed by atoms with E-state index in [1.165, 1.54) is 18.5 Å². The lowest BCUT2D eigenvalue weighted by Crippen LogP contribution is -1.93. The average molecular weight is 207 g/mol. The maximum atomic E-state index is 12.9. The van der Waals surface area contributed by atoms with Gasteiger partial charge >= 0.3 is 0 Å². The summed E-state index contributed by atoms with van der Waals surface area (Å²) in [6, 6.07) is 3.48. The largest absolute Gasteiger partial charge is 0.396 e. The molecule has 1 aromatic carbocycles. The molecule has 76 valence electrons. The first-order valence-corrected chi connectivity index (χ1v) is 4.20. The second-order valence-electron chi connectivity index (χ2n) is 2.97. The van der Waals surface area contributed by atoms with Gasteiger partial charge in [-0.15, -0.1) is 0 Å². The number of nitrogens with zero attached hydrogens (tertiary/aromatic N) is 2. The summed E-state index contributed by atoms with van der Waals surface area (Å²) in [4.78, 5) is 7.79. The fourth-order valence-corrected chi connectivity index (χ4v) is 1.12. The van der Waals surface area contributed by atoms with Gasteiger partial charge in [-0.05, 0) is 18.2 Å². The summed E-state index contributed by atoms with van der Waals surface area (Å²) in [6.07, 6.45) is 2.81. The molecule has 1 aromatic heterocycles. The van der Waals surface area contributed by atoms with Crippen molar-refractivity contribution >= 4 is 5.69 Å². The summed E-state index contributed by atoms with van der Waals surface area (Å²) in [7, 11) is 0. The maximum absolute atomic E-state index is 12.9. The lowest BCUT2D eigenvalue weighted by Gasteiger charge is -2.00. The molecule has 0 aliphatic carbocycles. The Morgan fingerprint density at radius 2 is 1.67 bits per heavy atom. The van der Waals surface area contributed by atoms with Crippen LogP contribution in [0.1, 0.15) is 0 Å². The molecular weight excluding hydrogens is 200 g/mol. The summed E-state index contributed by atoms with van der Waals surface area (Å²) in [5.41, 5.74) is 6.23. The van der Waals surface area contributed by atoms with Crippen LogP contribution in [0.15, 0.2) is 30.6 Å². The predicted molar refractivity (Wildman–Crippen MR) is 51.8 cm³/mol. The van der Waals surface area contributed by atoms with Crippen LogP contribution in [-0.4, -0.2) is 9.97 Å². The number of nitrogen functional groups attached to an aromatic ring is 1. The lowest BCUT2D eigenvalue weighted by molar-refractivity contribution is 0.509. The minimum atomic E-state index is -0.923. The number of rotatable bonds is 1. The molecule has 0 saturated carbocycles. The Hall–Kier alpha value is -2.04. The van der Waals surface area contributed by atoms with Gasteiger partial charge in [-0.1, -0.05) is 0 Å². The van der Waals surface area contributed by atoms with Gasteiger partial charge in [-0.2, -0.15) is 0 Å². The molecule has 2 aromatic rings. The highest BCUT2D eigenvalue weighted by Crippen LogP contribution is 2.17. The van der Waals surface area contributed by atoms with Crippen molar-refractivity contribution in [1.82, 2.24) is 9.97 Å². The zero-order chi connectivity index (χ0) is 10.8. The van der Waals surface area contributed by atoms with Crippen LogP contribution in [-0.2, 0) is 0 Å². The first kappa shape index (κ1) is 9.51. The number of nitrogens with two attached hydrogens (primary N) is 1. The molecule has 3 nitrogen and oxygen atoms in total. The minimum absolute atomic E-state index is 0.308. The predicted octanol–water partition coefficient (Wildman–Crippen LogP) is 2.00. The zero-order valence-electron chi connectivity index (χ0n) is 7.61. The molecule has 1 heterocycles. The van der Waals surface area contributed by atoms with E-state index >= 15 is 0 Å². The monoisotopic (exact) mass is 207 g/mol. The molecule has 0 radical (unpaired) electrons. The molecule has 0 amide bonds. The van der Waals surface area contributed by atoms with Crippen LogP contribution >= 0.6 is 0 Å².